The van der Waals surface area contributed by atoms with Crippen LogP contribution in [-0.2, 0) is 6.54 Å². The van der Waals surface area contributed by atoms with Gasteiger partial charge in [0.2, 0.25) is 5.95 Å². The number of benzene rings is 3. The molecule has 1 aliphatic rings. The van der Waals surface area contributed by atoms with Crippen molar-refractivity contribution in [3.63, 3.8) is 0 Å². The fourth-order valence-electron chi connectivity index (χ4n) is 5.94. The highest BCUT2D eigenvalue weighted by Crippen LogP contribution is 2.46. The van der Waals surface area contributed by atoms with Crippen LogP contribution in [0, 0.1) is 17.2 Å². The zero-order valence-corrected chi connectivity index (χ0v) is 23.1. The number of carbonyl (C=O) groups excluding carboxylic acids is 1. The molecule has 2 N–H and O–H groups in total. The van der Waals surface area contributed by atoms with Gasteiger partial charge >= 0.3 is 6.36 Å². The molecule has 2 atom stereocenters. The third-order valence-electron chi connectivity index (χ3n) is 7.39. The third kappa shape index (κ3) is 6.99. The summed E-state index contributed by atoms with van der Waals surface area (Å²) in [7, 11) is 0. The minimum absolute atomic E-state index is 0.0895. The first-order valence-corrected chi connectivity index (χ1v) is 13.5. The Labute approximate surface area is 235 Å². The number of hydrogen-bond acceptors (Lipinski definition) is 4. The van der Waals surface area contributed by atoms with E-state index in [-0.39, 0.29) is 35.5 Å². The first-order chi connectivity index (χ1) is 19.3. The molecule has 0 aliphatic heterocycles. The first kappa shape index (κ1) is 28.4. The highest BCUT2D eigenvalue weighted by molar-refractivity contribution is 5.97. The van der Waals surface area contributed by atoms with Crippen molar-refractivity contribution < 1.29 is 27.1 Å². The zero-order valence-electron chi connectivity index (χ0n) is 23.1. The Kier molecular flexibility index (Phi) is 7.68. The minimum Gasteiger partial charge on any atom is -0.406 e. The summed E-state index contributed by atoms with van der Waals surface area (Å²) in [6, 6.07) is 16.9. The van der Waals surface area contributed by atoms with Crippen molar-refractivity contribution in [2.45, 2.75) is 59.0 Å². The molecule has 0 saturated heterocycles. The van der Waals surface area contributed by atoms with E-state index in [1.807, 2.05) is 6.07 Å². The third-order valence-corrected chi connectivity index (χ3v) is 7.39. The summed E-state index contributed by atoms with van der Waals surface area (Å²) in [5.41, 5.74) is 3.36. The molecule has 0 bridgehead atoms. The molecule has 1 aliphatic carbocycles. The molecule has 5 rings (SSSR count). The van der Waals surface area contributed by atoms with Crippen LogP contribution in [0.3, 0.4) is 0 Å². The van der Waals surface area contributed by atoms with E-state index < -0.39 is 6.36 Å². The average molecular weight is 569 g/mol. The van der Waals surface area contributed by atoms with E-state index in [9.17, 15) is 22.4 Å². The van der Waals surface area contributed by atoms with Crippen LogP contribution >= 0.6 is 0 Å². The number of ether oxygens (including phenoxy) is 1. The Hall–Kier alpha value is -4.08. The van der Waals surface area contributed by atoms with Crippen LogP contribution in [0.2, 0.25) is 0 Å². The SMILES string of the molecule is CC1CC(n2c(Nc3ccc(OC(F)(F)F)cc3)nc3ccc(C(=O)NCc4ccc(F)cc4)cc32)CC(C)(C)C1. The molecule has 6 nitrogen and oxygen atoms in total. The summed E-state index contributed by atoms with van der Waals surface area (Å²) >= 11 is 0. The second-order valence-corrected chi connectivity index (χ2v) is 11.6. The zero-order chi connectivity index (χ0) is 29.4. The Morgan fingerprint density at radius 3 is 2.41 bits per heavy atom. The topological polar surface area (TPSA) is 68.2 Å². The van der Waals surface area contributed by atoms with Gasteiger partial charge in [0.05, 0.1) is 11.0 Å². The molecule has 10 heteroatoms. The van der Waals surface area contributed by atoms with E-state index in [0.29, 0.717) is 28.6 Å². The molecule has 1 fully saturated rings. The van der Waals surface area contributed by atoms with Gasteiger partial charge in [0.25, 0.3) is 5.91 Å². The van der Waals surface area contributed by atoms with Gasteiger partial charge in [-0.05, 0) is 90.8 Å². The maximum atomic E-state index is 13.2. The van der Waals surface area contributed by atoms with Gasteiger partial charge < -0.3 is 19.9 Å². The number of halogens is 4. The van der Waals surface area contributed by atoms with Gasteiger partial charge in [-0.3, -0.25) is 4.79 Å². The number of amides is 1. The lowest BCUT2D eigenvalue weighted by Gasteiger charge is -2.40. The van der Waals surface area contributed by atoms with Crippen molar-refractivity contribution in [2.24, 2.45) is 11.3 Å². The Bertz CT molecular complexity index is 1530. The van der Waals surface area contributed by atoms with Gasteiger partial charge in [-0.2, -0.15) is 0 Å². The number of aromatic nitrogens is 2. The number of carbonyl (C=O) groups is 1. The maximum Gasteiger partial charge on any atom is 0.573 e. The maximum absolute atomic E-state index is 13.2. The normalized spacial score (nSPS) is 18.7. The van der Waals surface area contributed by atoms with Gasteiger partial charge in [0.15, 0.2) is 0 Å². The summed E-state index contributed by atoms with van der Waals surface area (Å²) in [6.45, 7) is 6.98. The Balaban J connectivity index is 1.47. The predicted molar refractivity (Wildman–Crippen MR) is 150 cm³/mol. The molecule has 3 aromatic carbocycles. The van der Waals surface area contributed by atoms with E-state index in [0.717, 1.165) is 30.3 Å². The summed E-state index contributed by atoms with van der Waals surface area (Å²) < 4.78 is 57.2. The van der Waals surface area contributed by atoms with Crippen LogP contribution in [-0.4, -0.2) is 21.8 Å². The molecule has 1 saturated carbocycles. The summed E-state index contributed by atoms with van der Waals surface area (Å²) in [5.74, 6) is 0.0964. The second kappa shape index (κ2) is 11.1. The first-order valence-electron chi connectivity index (χ1n) is 13.5. The van der Waals surface area contributed by atoms with Crippen molar-refractivity contribution in [3.8, 4) is 5.75 Å². The van der Waals surface area contributed by atoms with Gasteiger partial charge in [0, 0.05) is 23.8 Å². The molecule has 41 heavy (non-hydrogen) atoms. The van der Waals surface area contributed by atoms with E-state index in [4.69, 9.17) is 4.98 Å². The van der Waals surface area contributed by atoms with E-state index in [1.54, 1.807) is 24.3 Å². The van der Waals surface area contributed by atoms with Gasteiger partial charge in [-0.15, -0.1) is 13.2 Å². The highest BCUT2D eigenvalue weighted by atomic mass is 19.4. The Morgan fingerprint density at radius 1 is 1.05 bits per heavy atom. The lowest BCUT2D eigenvalue weighted by atomic mass is 9.70. The molecule has 1 aromatic heterocycles. The minimum atomic E-state index is -4.77. The van der Waals surface area contributed by atoms with E-state index >= 15 is 0 Å². The van der Waals surface area contributed by atoms with Crippen molar-refractivity contribution >= 4 is 28.6 Å². The largest absolute Gasteiger partial charge is 0.573 e. The molecule has 216 valence electrons. The monoisotopic (exact) mass is 568 g/mol. The van der Waals surface area contributed by atoms with Crippen LogP contribution in [0.15, 0.2) is 66.7 Å². The molecular weight excluding hydrogens is 536 g/mol. The number of anilines is 2. The molecular formula is C31H32F4N4O2. The van der Waals surface area contributed by atoms with E-state index in [2.05, 4.69) is 40.7 Å². The fourth-order valence-corrected chi connectivity index (χ4v) is 5.94. The quantitative estimate of drug-likeness (QED) is 0.221. The lowest BCUT2D eigenvalue weighted by Crippen LogP contribution is -2.30. The van der Waals surface area contributed by atoms with Gasteiger partial charge in [0.1, 0.15) is 11.6 Å². The van der Waals surface area contributed by atoms with Crippen molar-refractivity contribution in [3.05, 3.63) is 83.7 Å². The second-order valence-electron chi connectivity index (χ2n) is 11.6. The van der Waals surface area contributed by atoms with Crippen molar-refractivity contribution in [2.75, 3.05) is 5.32 Å². The average Bonchev–Trinajstić information content (AvgIpc) is 3.24. The number of imidazole rings is 1. The summed E-state index contributed by atoms with van der Waals surface area (Å²) in [4.78, 5) is 17.9. The molecule has 2 unspecified atom stereocenters. The molecule has 4 aromatic rings. The van der Waals surface area contributed by atoms with Crippen molar-refractivity contribution in [1.29, 1.82) is 0 Å². The molecule has 0 spiro atoms. The number of nitrogens with zero attached hydrogens (tertiary/aromatic N) is 2. The summed E-state index contributed by atoms with van der Waals surface area (Å²) in [5, 5.41) is 6.16. The Morgan fingerprint density at radius 2 is 1.76 bits per heavy atom. The number of alkyl halides is 3. The summed E-state index contributed by atoms with van der Waals surface area (Å²) in [6.07, 6.45) is -1.85. The lowest BCUT2D eigenvalue weighted by molar-refractivity contribution is -0.274. The fraction of sp³-hybridized carbons (Fsp3) is 0.355. The van der Waals surface area contributed by atoms with Crippen LogP contribution in [0.25, 0.3) is 11.0 Å². The van der Waals surface area contributed by atoms with Crippen LogP contribution in [0.4, 0.5) is 29.2 Å². The van der Waals surface area contributed by atoms with E-state index in [1.165, 1.54) is 36.4 Å². The number of fused-ring (bicyclic) bond motifs is 1. The number of rotatable bonds is 7. The molecule has 1 amide bonds. The van der Waals surface area contributed by atoms with Gasteiger partial charge in [-0.1, -0.05) is 32.9 Å². The van der Waals surface area contributed by atoms with Crippen LogP contribution in [0.5, 0.6) is 5.75 Å². The predicted octanol–water partition coefficient (Wildman–Crippen LogP) is 8.13. The van der Waals surface area contributed by atoms with Crippen LogP contribution in [0.1, 0.15) is 62.0 Å². The number of nitrogens with one attached hydrogen (secondary N) is 2. The molecule has 1 heterocycles. The van der Waals surface area contributed by atoms with Crippen molar-refractivity contribution in [1.82, 2.24) is 14.9 Å². The van der Waals surface area contributed by atoms with Crippen LogP contribution < -0.4 is 15.4 Å². The number of hydrogen-bond donors (Lipinski definition) is 2. The standard InChI is InChI=1S/C31H32F4N4O2/c1-19-14-24(17-30(2,3)16-19)39-27-15-21(28(40)36-18-20-4-7-22(32)8-5-20)6-13-26(27)38-29(39)37-23-9-11-25(12-10-23)41-31(33,34)35/h4-13,15,19,24H,14,16-18H2,1-3H3,(H,36,40)(H,37,38). The smallest absolute Gasteiger partial charge is 0.406 e. The highest BCUT2D eigenvalue weighted by Gasteiger charge is 2.35. The molecule has 0 radical (unpaired) electrons. The van der Waals surface area contributed by atoms with Gasteiger partial charge in [-0.25, -0.2) is 9.37 Å².